The maximum Gasteiger partial charge on any atom is 0.228 e. The van der Waals surface area contributed by atoms with Gasteiger partial charge in [0, 0.05) is 11.4 Å². The highest BCUT2D eigenvalue weighted by Gasteiger charge is 2.14. The zero-order valence-corrected chi connectivity index (χ0v) is 12.8. The summed E-state index contributed by atoms with van der Waals surface area (Å²) in [5.74, 6) is 0.553. The summed E-state index contributed by atoms with van der Waals surface area (Å²) in [6, 6.07) is 8.16. The third-order valence-electron chi connectivity index (χ3n) is 3.75. The van der Waals surface area contributed by atoms with Crippen LogP contribution in [-0.4, -0.2) is 15.0 Å². The Kier molecular flexibility index (Phi) is 3.84. The number of aromatic nitrogens is 2. The minimum atomic E-state index is 0.290. The second kappa shape index (κ2) is 5.77. The molecule has 0 atom stereocenters. The third-order valence-corrected chi connectivity index (χ3v) is 3.96. The average Bonchev–Trinajstić information content (AvgIpc) is 2.47. The lowest BCUT2D eigenvalue weighted by molar-refractivity contribution is 0.687. The minimum Gasteiger partial charge on any atom is -0.388 e. The first-order valence-corrected chi connectivity index (χ1v) is 7.57. The van der Waals surface area contributed by atoms with Gasteiger partial charge < -0.3 is 11.1 Å². The minimum absolute atomic E-state index is 0.290. The topological polar surface area (TPSA) is 63.8 Å². The van der Waals surface area contributed by atoms with E-state index in [1.54, 1.807) is 6.07 Å². The van der Waals surface area contributed by atoms with Crippen LogP contribution in [0.25, 0.3) is 0 Å². The van der Waals surface area contributed by atoms with Crippen LogP contribution in [0.1, 0.15) is 35.4 Å². The van der Waals surface area contributed by atoms with Crippen molar-refractivity contribution >= 4 is 28.8 Å². The molecule has 3 N–H and O–H groups in total. The monoisotopic (exact) mass is 298 g/mol. The highest BCUT2D eigenvalue weighted by Crippen LogP contribution is 2.29. The number of thiocarbonyl (C=S) groups is 1. The van der Waals surface area contributed by atoms with E-state index in [1.165, 1.54) is 24.0 Å². The van der Waals surface area contributed by atoms with Gasteiger partial charge in [-0.1, -0.05) is 24.4 Å². The Balaban J connectivity index is 1.95. The van der Waals surface area contributed by atoms with Crippen LogP contribution in [0.5, 0.6) is 0 Å². The Hall–Kier alpha value is -2.01. The molecule has 2 aromatic rings. The first-order valence-electron chi connectivity index (χ1n) is 7.17. The number of nitrogens with one attached hydrogen (secondary N) is 1. The van der Waals surface area contributed by atoms with Gasteiger partial charge in [0.15, 0.2) is 0 Å². The fraction of sp³-hybridized carbons (Fsp3) is 0.312. The van der Waals surface area contributed by atoms with Crippen molar-refractivity contribution in [2.45, 2.75) is 32.6 Å². The van der Waals surface area contributed by atoms with E-state index in [1.807, 2.05) is 6.92 Å². The number of hydrogen-bond acceptors (Lipinski definition) is 4. The van der Waals surface area contributed by atoms with Gasteiger partial charge in [0.2, 0.25) is 5.95 Å². The number of nitrogens with two attached hydrogens (primary N) is 1. The van der Waals surface area contributed by atoms with Gasteiger partial charge in [-0.05, 0) is 55.9 Å². The van der Waals surface area contributed by atoms with Gasteiger partial charge in [0.1, 0.15) is 10.7 Å². The van der Waals surface area contributed by atoms with E-state index in [9.17, 15) is 0 Å². The van der Waals surface area contributed by atoms with Crippen molar-refractivity contribution in [1.82, 2.24) is 9.97 Å². The van der Waals surface area contributed by atoms with Crippen molar-refractivity contribution in [2.75, 3.05) is 5.32 Å². The molecule has 108 valence electrons. The van der Waals surface area contributed by atoms with Crippen molar-refractivity contribution in [3.63, 3.8) is 0 Å². The zero-order chi connectivity index (χ0) is 14.8. The molecule has 0 amide bonds. The summed E-state index contributed by atoms with van der Waals surface area (Å²) in [5.41, 5.74) is 11.0. The molecule has 3 rings (SSSR count). The Morgan fingerprint density at radius 2 is 2.05 bits per heavy atom. The number of aryl methyl sites for hydroxylation is 2. The Bertz CT molecular complexity index is 697. The van der Waals surface area contributed by atoms with Crippen LogP contribution in [0.15, 0.2) is 24.3 Å². The van der Waals surface area contributed by atoms with E-state index in [4.69, 9.17) is 18.0 Å². The Morgan fingerprint density at radius 1 is 1.24 bits per heavy atom. The van der Waals surface area contributed by atoms with Crippen molar-refractivity contribution in [3.8, 4) is 0 Å². The largest absolute Gasteiger partial charge is 0.388 e. The first-order chi connectivity index (χ1) is 10.1. The third kappa shape index (κ3) is 3.03. The molecule has 1 aromatic carbocycles. The molecular formula is C16H18N4S. The van der Waals surface area contributed by atoms with Crippen molar-refractivity contribution in [3.05, 3.63) is 46.8 Å². The molecule has 21 heavy (non-hydrogen) atoms. The summed E-state index contributed by atoms with van der Waals surface area (Å²) in [6.07, 6.45) is 4.76. The summed E-state index contributed by atoms with van der Waals surface area (Å²) in [5, 5.41) is 3.33. The summed E-state index contributed by atoms with van der Waals surface area (Å²) in [4.78, 5) is 9.10. The Labute approximate surface area is 129 Å². The number of nitrogens with zero attached hydrogens (tertiary/aromatic N) is 2. The van der Waals surface area contributed by atoms with Gasteiger partial charge in [-0.2, -0.15) is 0 Å². The molecule has 5 heteroatoms. The van der Waals surface area contributed by atoms with Crippen LogP contribution < -0.4 is 11.1 Å². The molecular weight excluding hydrogens is 280 g/mol. The maximum atomic E-state index is 5.67. The number of rotatable bonds is 3. The normalized spacial score (nSPS) is 13.6. The molecule has 0 fully saturated rings. The van der Waals surface area contributed by atoms with Crippen LogP contribution in [0.4, 0.5) is 11.6 Å². The quantitative estimate of drug-likeness (QED) is 0.853. The van der Waals surface area contributed by atoms with Crippen LogP contribution >= 0.6 is 12.2 Å². The van der Waals surface area contributed by atoms with E-state index in [2.05, 4.69) is 33.5 Å². The van der Waals surface area contributed by atoms with E-state index in [0.717, 1.165) is 24.2 Å². The molecule has 0 unspecified atom stereocenters. The fourth-order valence-electron chi connectivity index (χ4n) is 2.77. The van der Waals surface area contributed by atoms with Crippen LogP contribution in [0.3, 0.4) is 0 Å². The fourth-order valence-corrected chi connectivity index (χ4v) is 2.87. The molecule has 4 nitrogen and oxygen atoms in total. The highest BCUT2D eigenvalue weighted by atomic mass is 32.1. The van der Waals surface area contributed by atoms with Gasteiger partial charge in [0.25, 0.3) is 0 Å². The van der Waals surface area contributed by atoms with Crippen molar-refractivity contribution < 1.29 is 0 Å². The van der Waals surface area contributed by atoms with Crippen molar-refractivity contribution in [2.24, 2.45) is 5.73 Å². The summed E-state index contributed by atoms with van der Waals surface area (Å²) in [6.45, 7) is 1.91. The molecule has 0 saturated heterocycles. The van der Waals surface area contributed by atoms with Crippen molar-refractivity contribution in [1.29, 1.82) is 0 Å². The molecule has 0 radical (unpaired) electrons. The Morgan fingerprint density at radius 3 is 2.86 bits per heavy atom. The molecule has 0 aliphatic heterocycles. The van der Waals surface area contributed by atoms with Gasteiger partial charge >= 0.3 is 0 Å². The molecule has 0 bridgehead atoms. The summed E-state index contributed by atoms with van der Waals surface area (Å²) < 4.78 is 0. The molecule has 1 aliphatic carbocycles. The van der Waals surface area contributed by atoms with E-state index < -0.39 is 0 Å². The second-order valence-corrected chi connectivity index (χ2v) is 5.80. The number of anilines is 2. The standard InChI is InChI=1S/C16H18N4S/c1-10-9-14(15(17)21)20-16(18-10)19-13-8-4-6-11-5-2-3-7-12(11)13/h4,6,8-9H,2-3,5,7H2,1H3,(H2,17,21)(H,18,19,20). The predicted molar refractivity (Wildman–Crippen MR) is 89.0 cm³/mol. The lowest BCUT2D eigenvalue weighted by Gasteiger charge is -2.19. The van der Waals surface area contributed by atoms with Gasteiger partial charge in [0.05, 0.1) is 0 Å². The summed E-state index contributed by atoms with van der Waals surface area (Å²) in [7, 11) is 0. The molecule has 0 saturated carbocycles. The average molecular weight is 298 g/mol. The predicted octanol–water partition coefficient (Wildman–Crippen LogP) is 3.04. The smallest absolute Gasteiger partial charge is 0.228 e. The van der Waals surface area contributed by atoms with E-state index >= 15 is 0 Å². The zero-order valence-electron chi connectivity index (χ0n) is 12.0. The maximum absolute atomic E-state index is 5.67. The molecule has 1 aliphatic rings. The number of hydrogen-bond donors (Lipinski definition) is 2. The highest BCUT2D eigenvalue weighted by molar-refractivity contribution is 7.80. The second-order valence-electron chi connectivity index (χ2n) is 5.36. The van der Waals surface area contributed by atoms with E-state index in [-0.39, 0.29) is 0 Å². The van der Waals surface area contributed by atoms with Gasteiger partial charge in [-0.25, -0.2) is 9.97 Å². The molecule has 1 heterocycles. The lowest BCUT2D eigenvalue weighted by atomic mass is 9.90. The summed E-state index contributed by atoms with van der Waals surface area (Å²) >= 11 is 5.00. The number of fused-ring (bicyclic) bond motifs is 1. The van der Waals surface area contributed by atoms with Crippen LogP contribution in [0.2, 0.25) is 0 Å². The van der Waals surface area contributed by atoms with Crippen LogP contribution in [0, 0.1) is 6.92 Å². The molecule has 1 aromatic heterocycles. The molecule has 0 spiro atoms. The number of benzene rings is 1. The van der Waals surface area contributed by atoms with Gasteiger partial charge in [-0.3, -0.25) is 0 Å². The SMILES string of the molecule is Cc1cc(C(N)=S)nc(Nc2cccc3c2CCCC3)n1. The van der Waals surface area contributed by atoms with E-state index in [0.29, 0.717) is 16.6 Å². The van der Waals surface area contributed by atoms with Crippen LogP contribution in [-0.2, 0) is 12.8 Å². The lowest BCUT2D eigenvalue weighted by Crippen LogP contribution is -2.14. The first kappa shape index (κ1) is 13.9. The van der Waals surface area contributed by atoms with Gasteiger partial charge in [-0.15, -0.1) is 0 Å².